The van der Waals surface area contributed by atoms with E-state index in [2.05, 4.69) is 10.6 Å². The zero-order chi connectivity index (χ0) is 22.1. The Kier molecular flexibility index (Phi) is 6.58. The van der Waals surface area contributed by atoms with Crippen LogP contribution in [-0.2, 0) is 14.8 Å². The van der Waals surface area contributed by atoms with Gasteiger partial charge in [-0.1, -0.05) is 0 Å². The van der Waals surface area contributed by atoms with Crippen LogP contribution in [0.4, 0.5) is 19.3 Å². The Balaban J connectivity index is 1.77. The predicted octanol–water partition coefficient (Wildman–Crippen LogP) is 0.786. The lowest BCUT2D eigenvalue weighted by Gasteiger charge is -2.32. The van der Waals surface area contributed by atoms with E-state index in [1.807, 2.05) is 0 Å². The van der Waals surface area contributed by atoms with Crippen molar-refractivity contribution in [2.45, 2.75) is 43.9 Å². The number of amides is 3. The maximum Gasteiger partial charge on any atom is 0.323 e. The van der Waals surface area contributed by atoms with E-state index in [9.17, 15) is 26.8 Å². The summed E-state index contributed by atoms with van der Waals surface area (Å²) in [4.78, 5) is 26.7. The molecule has 1 heterocycles. The van der Waals surface area contributed by atoms with Gasteiger partial charge in [0, 0.05) is 31.2 Å². The molecule has 2 fully saturated rings. The number of sulfonamides is 1. The third-order valence-electron chi connectivity index (χ3n) is 5.34. The first kappa shape index (κ1) is 22.4. The Bertz CT molecular complexity index is 921. The van der Waals surface area contributed by atoms with Crippen LogP contribution in [0, 0.1) is 11.6 Å². The molecule has 1 unspecified atom stereocenters. The van der Waals surface area contributed by atoms with Gasteiger partial charge in [-0.3, -0.25) is 9.69 Å². The number of rotatable bonds is 4. The molecule has 0 aromatic heterocycles. The second kappa shape index (κ2) is 8.82. The quantitative estimate of drug-likeness (QED) is 0.632. The molecular formula is C18H25F2N5O4S. The lowest BCUT2D eigenvalue weighted by atomic mass is 9.92. The Hall–Kier alpha value is -2.31. The first-order valence-corrected chi connectivity index (χ1v) is 11.5. The van der Waals surface area contributed by atoms with E-state index in [-0.39, 0.29) is 30.9 Å². The number of nitrogens with one attached hydrogen (secondary N) is 2. The molecule has 1 aliphatic carbocycles. The number of benzene rings is 1. The highest BCUT2D eigenvalue weighted by molar-refractivity contribution is 7.88. The average molecular weight is 445 g/mol. The fourth-order valence-electron chi connectivity index (χ4n) is 3.76. The van der Waals surface area contributed by atoms with Crippen molar-refractivity contribution in [3.05, 3.63) is 29.8 Å². The van der Waals surface area contributed by atoms with Crippen LogP contribution in [0.3, 0.4) is 0 Å². The van der Waals surface area contributed by atoms with Crippen LogP contribution in [0.2, 0.25) is 0 Å². The number of urea groups is 1. The summed E-state index contributed by atoms with van der Waals surface area (Å²) in [6.45, 7) is -0.138. The molecule has 0 radical (unpaired) electrons. The van der Waals surface area contributed by atoms with Gasteiger partial charge in [0.1, 0.15) is 11.6 Å². The summed E-state index contributed by atoms with van der Waals surface area (Å²) in [7, 11) is -3.79. The third kappa shape index (κ3) is 5.05. The molecule has 1 saturated carbocycles. The number of carbonyl (C=O) groups excluding carboxylic acids is 2. The van der Waals surface area contributed by atoms with Crippen molar-refractivity contribution in [1.29, 1.82) is 0 Å². The monoisotopic (exact) mass is 445 g/mol. The minimum Gasteiger partial charge on any atom is -0.350 e. The van der Waals surface area contributed by atoms with Crippen LogP contribution in [0.5, 0.6) is 0 Å². The molecule has 3 amide bonds. The predicted molar refractivity (Wildman–Crippen MR) is 106 cm³/mol. The van der Waals surface area contributed by atoms with E-state index < -0.39 is 39.8 Å². The number of anilines is 1. The molecule has 1 aromatic carbocycles. The minimum absolute atomic E-state index is 0.0602. The molecule has 1 atom stereocenters. The van der Waals surface area contributed by atoms with Gasteiger partial charge in [-0.2, -0.15) is 4.31 Å². The molecule has 1 saturated heterocycles. The van der Waals surface area contributed by atoms with Crippen molar-refractivity contribution in [2.24, 2.45) is 5.73 Å². The minimum atomic E-state index is -3.79. The van der Waals surface area contributed by atoms with Crippen LogP contribution >= 0.6 is 0 Å². The lowest BCUT2D eigenvalue weighted by Crippen LogP contribution is -2.56. The molecule has 0 spiro atoms. The molecule has 3 rings (SSSR count). The fourth-order valence-corrected chi connectivity index (χ4v) is 4.74. The van der Waals surface area contributed by atoms with Gasteiger partial charge >= 0.3 is 6.03 Å². The molecule has 0 bridgehead atoms. The highest BCUT2D eigenvalue weighted by Gasteiger charge is 2.45. The van der Waals surface area contributed by atoms with Crippen molar-refractivity contribution in [1.82, 2.24) is 14.5 Å². The summed E-state index contributed by atoms with van der Waals surface area (Å²) in [5, 5.41) is 5.08. The summed E-state index contributed by atoms with van der Waals surface area (Å²) in [6, 6.07) is 1.68. The van der Waals surface area contributed by atoms with Gasteiger partial charge in [0.05, 0.1) is 11.9 Å². The first-order valence-electron chi connectivity index (χ1n) is 9.61. The molecule has 12 heteroatoms. The first-order chi connectivity index (χ1) is 14.1. The van der Waals surface area contributed by atoms with E-state index in [1.165, 1.54) is 0 Å². The Labute approximate surface area is 173 Å². The van der Waals surface area contributed by atoms with Gasteiger partial charge in [-0.05, 0) is 37.8 Å². The summed E-state index contributed by atoms with van der Waals surface area (Å²) >= 11 is 0. The van der Waals surface area contributed by atoms with Gasteiger partial charge in [-0.25, -0.2) is 22.0 Å². The zero-order valence-corrected chi connectivity index (χ0v) is 17.3. The van der Waals surface area contributed by atoms with Crippen molar-refractivity contribution in [3.63, 3.8) is 0 Å². The summed E-state index contributed by atoms with van der Waals surface area (Å²) < 4.78 is 52.2. The molecule has 166 valence electrons. The van der Waals surface area contributed by atoms with E-state index in [0.717, 1.165) is 40.4 Å². The van der Waals surface area contributed by atoms with E-state index in [4.69, 9.17) is 5.73 Å². The number of carbonyl (C=O) groups is 2. The second-order valence-corrected chi connectivity index (χ2v) is 9.55. The molecule has 4 N–H and O–H groups in total. The second-order valence-electron chi connectivity index (χ2n) is 7.62. The molecule has 1 aromatic rings. The Morgan fingerprint density at radius 2 is 1.80 bits per heavy atom. The van der Waals surface area contributed by atoms with Gasteiger partial charge in [0.15, 0.2) is 6.17 Å². The smallest absolute Gasteiger partial charge is 0.323 e. The lowest BCUT2D eigenvalue weighted by molar-refractivity contribution is -0.128. The van der Waals surface area contributed by atoms with Gasteiger partial charge in [0.25, 0.3) is 5.91 Å². The molecule has 2 aliphatic rings. The Morgan fingerprint density at radius 3 is 2.40 bits per heavy atom. The van der Waals surface area contributed by atoms with Crippen molar-refractivity contribution < 1.29 is 26.8 Å². The van der Waals surface area contributed by atoms with Gasteiger partial charge < -0.3 is 16.4 Å². The number of hydrogen-bond donors (Lipinski definition) is 3. The summed E-state index contributed by atoms with van der Waals surface area (Å²) in [5.41, 5.74) is 5.59. The highest BCUT2D eigenvalue weighted by atomic mass is 32.2. The van der Waals surface area contributed by atoms with Gasteiger partial charge in [-0.15, -0.1) is 0 Å². The molecule has 9 nitrogen and oxygen atoms in total. The van der Waals surface area contributed by atoms with E-state index in [0.29, 0.717) is 18.9 Å². The fraction of sp³-hybridized carbons (Fsp3) is 0.556. The Morgan fingerprint density at radius 1 is 1.13 bits per heavy atom. The van der Waals surface area contributed by atoms with Crippen LogP contribution < -0.4 is 16.4 Å². The third-order valence-corrected chi connectivity index (χ3v) is 6.58. The van der Waals surface area contributed by atoms with Gasteiger partial charge in [0.2, 0.25) is 10.0 Å². The van der Waals surface area contributed by atoms with E-state index in [1.54, 1.807) is 0 Å². The molecule has 30 heavy (non-hydrogen) atoms. The number of nitrogens with two attached hydrogens (primary N) is 1. The normalized spacial score (nSPS) is 25.2. The highest BCUT2D eigenvalue weighted by Crippen LogP contribution is 2.23. The average Bonchev–Trinajstić information content (AvgIpc) is 3.12. The van der Waals surface area contributed by atoms with E-state index >= 15 is 0 Å². The number of nitrogens with zero attached hydrogens (tertiary/aromatic N) is 2. The SMILES string of the molecule is CS(=O)(=O)N1CCN(C(=O)Nc2ccc(F)cc2F)C1C(=O)NC1CCC(N)CC1. The van der Waals surface area contributed by atoms with Crippen LogP contribution in [0.1, 0.15) is 25.7 Å². The molecular weight excluding hydrogens is 420 g/mol. The maximum absolute atomic E-state index is 13.9. The van der Waals surface area contributed by atoms with Crippen molar-refractivity contribution in [2.75, 3.05) is 24.7 Å². The standard InChI is InChI=1S/C18H25F2N5O4S/c1-30(28,29)25-9-8-24(18(27)23-15-7-2-11(19)10-14(15)20)17(25)16(26)22-13-5-3-12(21)4-6-13/h2,7,10,12-13,17H,3-6,8-9,21H2,1H3,(H,22,26)(H,23,27). The van der Waals surface area contributed by atoms with Crippen molar-refractivity contribution >= 4 is 27.6 Å². The zero-order valence-electron chi connectivity index (χ0n) is 16.5. The topological polar surface area (TPSA) is 125 Å². The summed E-state index contributed by atoms with van der Waals surface area (Å²) in [6.07, 6.45) is 2.34. The number of hydrogen-bond acceptors (Lipinski definition) is 5. The molecule has 1 aliphatic heterocycles. The van der Waals surface area contributed by atoms with Crippen LogP contribution in [0.15, 0.2) is 18.2 Å². The van der Waals surface area contributed by atoms with Crippen LogP contribution in [-0.4, -0.2) is 67.2 Å². The largest absolute Gasteiger partial charge is 0.350 e. The summed E-state index contributed by atoms with van der Waals surface area (Å²) in [5.74, 6) is -2.42. The van der Waals surface area contributed by atoms with Crippen LogP contribution in [0.25, 0.3) is 0 Å². The van der Waals surface area contributed by atoms with Crippen molar-refractivity contribution in [3.8, 4) is 0 Å². The maximum atomic E-state index is 13.9. The number of halogens is 2.